The monoisotopic (exact) mass is 290 g/mol. The third kappa shape index (κ3) is 2.29. The first kappa shape index (κ1) is 12.8. The topological polar surface area (TPSA) is 47.6 Å². The van der Waals surface area contributed by atoms with Crippen LogP contribution >= 0.6 is 0 Å². The molecule has 0 spiro atoms. The number of rotatable bonds is 3. The number of aliphatic imine (C=N–C) groups is 1. The third-order valence-corrected chi connectivity index (χ3v) is 3.70. The predicted molar refractivity (Wildman–Crippen MR) is 82.5 cm³/mol. The highest BCUT2D eigenvalue weighted by Crippen LogP contribution is 2.40. The van der Waals surface area contributed by atoms with E-state index in [1.807, 2.05) is 36.4 Å². The van der Waals surface area contributed by atoms with Crippen LogP contribution in [0.1, 0.15) is 29.0 Å². The molecule has 2 atom stereocenters. The van der Waals surface area contributed by atoms with Crippen molar-refractivity contribution in [1.82, 2.24) is 4.98 Å². The van der Waals surface area contributed by atoms with E-state index in [1.165, 1.54) is 6.39 Å². The Morgan fingerprint density at radius 1 is 0.818 bits per heavy atom. The van der Waals surface area contributed by atoms with Gasteiger partial charge >= 0.3 is 0 Å². The Bertz CT molecular complexity index is 767. The number of oxazole rings is 1. The first-order valence-corrected chi connectivity index (χ1v) is 7.15. The van der Waals surface area contributed by atoms with E-state index in [0.29, 0.717) is 11.6 Å². The van der Waals surface area contributed by atoms with Crippen LogP contribution in [0.3, 0.4) is 0 Å². The Labute approximate surface area is 128 Å². The molecule has 1 aromatic heterocycles. The fraction of sp³-hybridized carbons (Fsp3) is 0.111. The van der Waals surface area contributed by atoms with Crippen molar-refractivity contribution >= 4 is 5.90 Å². The van der Waals surface area contributed by atoms with Crippen LogP contribution in [-0.2, 0) is 4.74 Å². The summed E-state index contributed by atoms with van der Waals surface area (Å²) in [4.78, 5) is 8.86. The Morgan fingerprint density at radius 2 is 1.50 bits per heavy atom. The lowest BCUT2D eigenvalue weighted by Gasteiger charge is -2.18. The molecule has 2 unspecified atom stereocenters. The molecule has 0 amide bonds. The van der Waals surface area contributed by atoms with E-state index in [2.05, 4.69) is 29.2 Å². The molecule has 108 valence electrons. The molecule has 0 N–H and O–H groups in total. The summed E-state index contributed by atoms with van der Waals surface area (Å²) < 4.78 is 11.1. The number of ether oxygens (including phenoxy) is 1. The molecule has 4 rings (SSSR count). The molecule has 0 radical (unpaired) electrons. The Balaban J connectivity index is 1.75. The number of hydrogen-bond donors (Lipinski definition) is 0. The Morgan fingerprint density at radius 3 is 2.14 bits per heavy atom. The van der Waals surface area contributed by atoms with Crippen LogP contribution in [0.5, 0.6) is 0 Å². The molecule has 0 saturated carbocycles. The summed E-state index contributed by atoms with van der Waals surface area (Å²) in [7, 11) is 0. The molecular formula is C18H14N2O2. The number of hydrogen-bond acceptors (Lipinski definition) is 4. The zero-order valence-electron chi connectivity index (χ0n) is 11.8. The summed E-state index contributed by atoms with van der Waals surface area (Å²) >= 11 is 0. The molecule has 1 aliphatic rings. The molecule has 1 aliphatic heterocycles. The van der Waals surface area contributed by atoms with Gasteiger partial charge in [-0.3, -0.25) is 0 Å². The van der Waals surface area contributed by atoms with Crippen LogP contribution in [0.4, 0.5) is 0 Å². The van der Waals surface area contributed by atoms with Gasteiger partial charge in [0.05, 0.1) is 0 Å². The fourth-order valence-corrected chi connectivity index (χ4v) is 2.65. The zero-order chi connectivity index (χ0) is 14.8. The summed E-state index contributed by atoms with van der Waals surface area (Å²) in [6, 6.07) is 20.2. The standard InChI is InChI=1S/C18H14N2O2/c1-3-7-13(8-4-1)16-17(14-9-5-2-6-10-14)22-18(20-16)15-11-21-12-19-15/h1-12,16-17H. The van der Waals surface area contributed by atoms with Crippen molar-refractivity contribution in [3.05, 3.63) is 90.1 Å². The highest BCUT2D eigenvalue weighted by molar-refractivity contribution is 5.93. The molecule has 2 heterocycles. The predicted octanol–water partition coefficient (Wildman–Crippen LogP) is 3.93. The van der Waals surface area contributed by atoms with Gasteiger partial charge in [-0.05, 0) is 11.1 Å². The fourth-order valence-electron chi connectivity index (χ4n) is 2.65. The molecule has 0 aliphatic carbocycles. The normalized spacial score (nSPS) is 20.5. The van der Waals surface area contributed by atoms with Crippen molar-refractivity contribution in [2.24, 2.45) is 4.99 Å². The lowest BCUT2D eigenvalue weighted by atomic mass is 9.97. The molecule has 0 saturated heterocycles. The largest absolute Gasteiger partial charge is 0.465 e. The minimum absolute atomic E-state index is 0.0877. The van der Waals surface area contributed by atoms with Crippen molar-refractivity contribution in [3.8, 4) is 0 Å². The van der Waals surface area contributed by atoms with Gasteiger partial charge in [0, 0.05) is 0 Å². The van der Waals surface area contributed by atoms with E-state index in [0.717, 1.165) is 11.1 Å². The summed E-state index contributed by atoms with van der Waals surface area (Å²) in [6.07, 6.45) is 2.78. The number of benzene rings is 2. The first-order chi connectivity index (χ1) is 10.9. The summed E-state index contributed by atoms with van der Waals surface area (Å²) in [5.74, 6) is 0.524. The lowest BCUT2D eigenvalue weighted by Crippen LogP contribution is -2.09. The second-order valence-electron chi connectivity index (χ2n) is 5.11. The first-order valence-electron chi connectivity index (χ1n) is 7.15. The summed E-state index contributed by atoms with van der Waals surface area (Å²) in [5, 5.41) is 0. The van der Waals surface area contributed by atoms with Crippen molar-refractivity contribution in [2.45, 2.75) is 12.1 Å². The smallest absolute Gasteiger partial charge is 0.240 e. The second-order valence-corrected chi connectivity index (χ2v) is 5.11. The van der Waals surface area contributed by atoms with Gasteiger partial charge in [-0.2, -0.15) is 0 Å². The minimum Gasteiger partial charge on any atom is -0.465 e. The zero-order valence-corrected chi connectivity index (χ0v) is 11.8. The van der Waals surface area contributed by atoms with Crippen LogP contribution in [-0.4, -0.2) is 10.9 Å². The average molecular weight is 290 g/mol. The van der Waals surface area contributed by atoms with Crippen molar-refractivity contribution in [1.29, 1.82) is 0 Å². The second kappa shape index (κ2) is 5.48. The highest BCUT2D eigenvalue weighted by Gasteiger charge is 2.34. The van der Waals surface area contributed by atoms with E-state index in [1.54, 1.807) is 6.26 Å². The molecule has 2 aromatic carbocycles. The molecular weight excluding hydrogens is 276 g/mol. The van der Waals surface area contributed by atoms with E-state index in [9.17, 15) is 0 Å². The van der Waals surface area contributed by atoms with Crippen LogP contribution in [0.25, 0.3) is 0 Å². The molecule has 0 fully saturated rings. The molecule has 4 heteroatoms. The van der Waals surface area contributed by atoms with Gasteiger partial charge in [-0.15, -0.1) is 0 Å². The van der Waals surface area contributed by atoms with Gasteiger partial charge in [-0.25, -0.2) is 9.98 Å². The molecule has 0 bridgehead atoms. The van der Waals surface area contributed by atoms with E-state index in [4.69, 9.17) is 14.1 Å². The average Bonchev–Trinajstić information content (AvgIpc) is 3.26. The molecule has 22 heavy (non-hydrogen) atoms. The lowest BCUT2D eigenvalue weighted by molar-refractivity contribution is 0.196. The van der Waals surface area contributed by atoms with Gasteiger partial charge in [0.1, 0.15) is 12.3 Å². The van der Waals surface area contributed by atoms with Gasteiger partial charge in [0.2, 0.25) is 5.90 Å². The maximum atomic E-state index is 6.09. The number of nitrogens with zero attached hydrogens (tertiary/aromatic N) is 2. The highest BCUT2D eigenvalue weighted by atomic mass is 16.5. The van der Waals surface area contributed by atoms with Crippen LogP contribution in [0.2, 0.25) is 0 Å². The van der Waals surface area contributed by atoms with Crippen LogP contribution < -0.4 is 0 Å². The van der Waals surface area contributed by atoms with E-state index in [-0.39, 0.29) is 12.1 Å². The van der Waals surface area contributed by atoms with Crippen molar-refractivity contribution in [3.63, 3.8) is 0 Å². The van der Waals surface area contributed by atoms with Crippen LogP contribution in [0.15, 0.2) is 82.7 Å². The quantitative estimate of drug-likeness (QED) is 0.734. The van der Waals surface area contributed by atoms with Gasteiger partial charge in [0.25, 0.3) is 0 Å². The Hall–Kier alpha value is -2.88. The molecule has 3 aromatic rings. The van der Waals surface area contributed by atoms with E-state index < -0.39 is 0 Å². The van der Waals surface area contributed by atoms with Gasteiger partial charge < -0.3 is 9.15 Å². The minimum atomic E-state index is -0.157. The summed E-state index contributed by atoms with van der Waals surface area (Å²) in [6.45, 7) is 0. The van der Waals surface area contributed by atoms with Crippen LogP contribution in [0, 0.1) is 0 Å². The van der Waals surface area contributed by atoms with Crippen molar-refractivity contribution < 1.29 is 9.15 Å². The third-order valence-electron chi connectivity index (χ3n) is 3.70. The maximum absolute atomic E-state index is 6.09. The number of aromatic nitrogens is 1. The van der Waals surface area contributed by atoms with Crippen molar-refractivity contribution in [2.75, 3.05) is 0 Å². The molecule has 4 nitrogen and oxygen atoms in total. The van der Waals surface area contributed by atoms with Gasteiger partial charge in [-0.1, -0.05) is 60.7 Å². The SMILES string of the molecule is c1ccc(C2N=C(c3cocn3)OC2c2ccccc2)cc1. The maximum Gasteiger partial charge on any atom is 0.240 e. The Kier molecular flexibility index (Phi) is 3.20. The summed E-state index contributed by atoms with van der Waals surface area (Å²) in [5.41, 5.74) is 2.84. The van der Waals surface area contributed by atoms with Gasteiger partial charge in [0.15, 0.2) is 18.2 Å². The van der Waals surface area contributed by atoms with E-state index >= 15 is 0 Å².